The third-order valence-electron chi connectivity index (χ3n) is 6.53. The first kappa shape index (κ1) is 26.0. The van der Waals surface area contributed by atoms with Gasteiger partial charge in [-0.15, -0.1) is 0 Å². The summed E-state index contributed by atoms with van der Waals surface area (Å²) in [5.74, 6) is 0.654. The number of aliphatic imine (C=N–C) groups is 1. The van der Waals surface area contributed by atoms with E-state index >= 15 is 0 Å². The van der Waals surface area contributed by atoms with Crippen molar-refractivity contribution in [2.75, 3.05) is 18.1 Å². The number of esters is 1. The molecule has 200 valence electrons. The molecular weight excluding hydrogens is 496 g/mol. The maximum Gasteiger partial charge on any atom is 0.340 e. The molecule has 9 nitrogen and oxygen atoms in total. The number of hydrogen-bond donors (Lipinski definition) is 1. The second kappa shape index (κ2) is 11.8. The smallest absolute Gasteiger partial charge is 0.340 e. The molecule has 0 radical (unpaired) electrons. The lowest BCUT2D eigenvalue weighted by atomic mass is 10.1. The maximum atomic E-state index is 13.3. The summed E-state index contributed by atoms with van der Waals surface area (Å²) in [6.07, 6.45) is 0.796. The van der Waals surface area contributed by atoms with Crippen LogP contribution in [0.3, 0.4) is 0 Å². The average molecular weight is 527 g/mol. The number of rotatable bonds is 10. The number of hydrogen-bond acceptors (Lipinski definition) is 7. The first-order valence-electron chi connectivity index (χ1n) is 13.0. The second-order valence-corrected chi connectivity index (χ2v) is 9.41. The maximum absolute atomic E-state index is 13.3. The van der Waals surface area contributed by atoms with Gasteiger partial charge < -0.3 is 14.4 Å². The second-order valence-electron chi connectivity index (χ2n) is 9.41. The highest BCUT2D eigenvalue weighted by Crippen LogP contribution is 2.30. The van der Waals surface area contributed by atoms with Gasteiger partial charge in [-0.25, -0.2) is 9.79 Å². The molecule has 0 aliphatic carbocycles. The lowest BCUT2D eigenvalue weighted by molar-refractivity contribution is -0.120. The molecule has 0 bridgehead atoms. The van der Waals surface area contributed by atoms with Crippen molar-refractivity contribution in [2.24, 2.45) is 4.99 Å². The number of ether oxygens (including phenoxy) is 2. The van der Waals surface area contributed by atoms with E-state index in [2.05, 4.69) is 10.3 Å². The van der Waals surface area contributed by atoms with Gasteiger partial charge in [0.05, 0.1) is 17.9 Å². The van der Waals surface area contributed by atoms with Gasteiger partial charge in [0.25, 0.3) is 0 Å². The van der Waals surface area contributed by atoms with Gasteiger partial charge >= 0.3 is 5.97 Å². The van der Waals surface area contributed by atoms with Crippen LogP contribution >= 0.6 is 0 Å². The van der Waals surface area contributed by atoms with Crippen molar-refractivity contribution in [3.05, 3.63) is 90.0 Å². The van der Waals surface area contributed by atoms with E-state index < -0.39 is 12.2 Å². The fourth-order valence-electron chi connectivity index (χ4n) is 4.61. The Balaban J connectivity index is 1.13. The number of fused-ring (bicyclic) bond motifs is 2. The average Bonchev–Trinajstić information content (AvgIpc) is 3.31. The first-order chi connectivity index (χ1) is 19.0. The molecule has 1 unspecified atom stereocenters. The molecule has 5 rings (SSSR count). The molecule has 2 aliphatic heterocycles. The third kappa shape index (κ3) is 6.26. The highest BCUT2D eigenvalue weighted by atomic mass is 16.6. The summed E-state index contributed by atoms with van der Waals surface area (Å²) in [5, 5.41) is 2.76. The number of carbonyl (C=O) groups excluding carboxylic acids is 3. The first-order valence-corrected chi connectivity index (χ1v) is 13.0. The number of anilines is 1. The summed E-state index contributed by atoms with van der Waals surface area (Å²) in [4.78, 5) is 45.4. The summed E-state index contributed by atoms with van der Waals surface area (Å²) in [6, 6.07) is 23.6. The number of amides is 2. The van der Waals surface area contributed by atoms with Gasteiger partial charge in [0, 0.05) is 24.2 Å². The number of guanidine groups is 1. The molecule has 0 aromatic heterocycles. The van der Waals surface area contributed by atoms with E-state index in [9.17, 15) is 14.4 Å². The standard InChI is InChI=1S/C30H30N4O5/c1-21(39-29(37)22-10-4-2-5-11-22)34(24-12-6-3-7-13-24)28(36)14-8-9-17-38-25-15-16-26-23(18-25)19-33-20-27(35)32-30(33)31-26/h2-7,10-13,15-16,18,21H,8-9,14,17,19-20H2,1H3,(H,31,32,35). The monoisotopic (exact) mass is 526 g/mol. The molecule has 2 amide bonds. The fraction of sp³-hybridized carbons (Fsp3) is 0.267. The highest BCUT2D eigenvalue weighted by molar-refractivity contribution is 6.05. The van der Waals surface area contributed by atoms with Crippen LogP contribution in [0.4, 0.5) is 11.4 Å². The van der Waals surface area contributed by atoms with Crippen LogP contribution in [0, 0.1) is 0 Å². The molecule has 0 spiro atoms. The summed E-state index contributed by atoms with van der Waals surface area (Å²) in [7, 11) is 0. The number of para-hydroxylation sites is 1. The molecule has 2 heterocycles. The van der Waals surface area contributed by atoms with Crippen molar-refractivity contribution in [1.29, 1.82) is 0 Å². The van der Waals surface area contributed by atoms with Gasteiger partial charge in [-0.3, -0.25) is 19.8 Å². The van der Waals surface area contributed by atoms with Crippen molar-refractivity contribution in [3.63, 3.8) is 0 Å². The summed E-state index contributed by atoms with van der Waals surface area (Å²) >= 11 is 0. The Morgan fingerprint density at radius 1 is 1.00 bits per heavy atom. The Morgan fingerprint density at radius 3 is 2.51 bits per heavy atom. The van der Waals surface area contributed by atoms with Gasteiger partial charge in [0.1, 0.15) is 12.3 Å². The Labute approximate surface area is 227 Å². The highest BCUT2D eigenvalue weighted by Gasteiger charge is 2.29. The zero-order valence-electron chi connectivity index (χ0n) is 21.7. The van der Waals surface area contributed by atoms with Crippen LogP contribution in [0.5, 0.6) is 5.75 Å². The topological polar surface area (TPSA) is 101 Å². The lowest BCUT2D eigenvalue weighted by Crippen LogP contribution is -2.41. The molecule has 3 aromatic carbocycles. The zero-order chi connectivity index (χ0) is 27.2. The van der Waals surface area contributed by atoms with Crippen molar-refractivity contribution in [2.45, 2.75) is 39.0 Å². The minimum Gasteiger partial charge on any atom is -0.494 e. The molecule has 1 N–H and O–H groups in total. The minimum atomic E-state index is -0.774. The van der Waals surface area contributed by atoms with Crippen LogP contribution < -0.4 is 15.0 Å². The molecule has 1 saturated heterocycles. The van der Waals surface area contributed by atoms with E-state index in [0.29, 0.717) is 49.7 Å². The molecule has 39 heavy (non-hydrogen) atoms. The summed E-state index contributed by atoms with van der Waals surface area (Å²) < 4.78 is 11.6. The predicted molar refractivity (Wildman–Crippen MR) is 147 cm³/mol. The van der Waals surface area contributed by atoms with Crippen molar-refractivity contribution in [1.82, 2.24) is 10.2 Å². The van der Waals surface area contributed by atoms with Crippen LogP contribution in [0.15, 0.2) is 83.9 Å². The van der Waals surface area contributed by atoms with Crippen LogP contribution in [-0.2, 0) is 20.9 Å². The number of nitrogens with zero attached hydrogens (tertiary/aromatic N) is 3. The van der Waals surface area contributed by atoms with Crippen molar-refractivity contribution in [3.8, 4) is 5.75 Å². The molecule has 1 atom stereocenters. The molecule has 2 aliphatic rings. The number of nitrogens with one attached hydrogen (secondary N) is 1. The molecule has 3 aromatic rings. The molecular formula is C30H30N4O5. The quantitative estimate of drug-likeness (QED) is 0.239. The molecule has 0 saturated carbocycles. The Kier molecular flexibility index (Phi) is 7.86. The Morgan fingerprint density at radius 2 is 1.74 bits per heavy atom. The normalized spacial score (nSPS) is 14.4. The van der Waals surface area contributed by atoms with Gasteiger partial charge in [-0.1, -0.05) is 36.4 Å². The predicted octanol–water partition coefficient (Wildman–Crippen LogP) is 4.40. The number of unbranched alkanes of at least 4 members (excludes halogenated alkanes) is 1. The Bertz CT molecular complexity index is 1380. The largest absolute Gasteiger partial charge is 0.494 e. The van der Waals surface area contributed by atoms with E-state index in [1.54, 1.807) is 31.2 Å². The van der Waals surface area contributed by atoms with Crippen LogP contribution in [0.25, 0.3) is 0 Å². The summed E-state index contributed by atoms with van der Waals surface area (Å²) in [5.41, 5.74) is 2.92. The minimum absolute atomic E-state index is 0.0536. The van der Waals surface area contributed by atoms with Gasteiger partial charge in [-0.05, 0) is 62.2 Å². The lowest BCUT2D eigenvalue weighted by Gasteiger charge is -2.29. The fourth-order valence-corrected chi connectivity index (χ4v) is 4.61. The van der Waals surface area contributed by atoms with Crippen LogP contribution in [0.2, 0.25) is 0 Å². The molecule has 9 heteroatoms. The van der Waals surface area contributed by atoms with E-state index in [1.165, 1.54) is 4.90 Å². The third-order valence-corrected chi connectivity index (χ3v) is 6.53. The van der Waals surface area contributed by atoms with Crippen LogP contribution in [0.1, 0.15) is 42.1 Å². The SMILES string of the molecule is CC(OC(=O)c1ccccc1)N(C(=O)CCCCOc1ccc2c(c1)CN1CC(=O)NC1=N2)c1ccccc1. The zero-order valence-corrected chi connectivity index (χ0v) is 21.7. The van der Waals surface area contributed by atoms with Gasteiger partial charge in [0.15, 0.2) is 6.23 Å². The van der Waals surface area contributed by atoms with E-state index in [0.717, 1.165) is 17.0 Å². The Hall–Kier alpha value is -4.66. The van der Waals surface area contributed by atoms with Crippen molar-refractivity contribution >= 4 is 35.1 Å². The number of carbonyl (C=O) groups is 3. The summed E-state index contributed by atoms with van der Waals surface area (Å²) in [6.45, 7) is 3.06. The van der Waals surface area contributed by atoms with Crippen molar-refractivity contribution < 1.29 is 23.9 Å². The molecule has 1 fully saturated rings. The van der Waals surface area contributed by atoms with E-state index in [1.807, 2.05) is 59.5 Å². The number of benzene rings is 3. The van der Waals surface area contributed by atoms with Crippen LogP contribution in [-0.4, -0.2) is 48.0 Å². The van der Waals surface area contributed by atoms with Gasteiger partial charge in [0.2, 0.25) is 17.8 Å². The van der Waals surface area contributed by atoms with Gasteiger partial charge in [-0.2, -0.15) is 0 Å². The van der Waals surface area contributed by atoms with E-state index in [4.69, 9.17) is 9.47 Å². The van der Waals surface area contributed by atoms with E-state index in [-0.39, 0.29) is 18.2 Å².